The van der Waals surface area contributed by atoms with E-state index in [-0.39, 0.29) is 12.4 Å². The summed E-state index contributed by atoms with van der Waals surface area (Å²) in [6.07, 6.45) is 0.869. The van der Waals surface area contributed by atoms with E-state index in [1.54, 1.807) is 18.2 Å². The maximum Gasteiger partial charge on any atom is 0.240 e. The Morgan fingerprint density at radius 1 is 1.44 bits per heavy atom. The fraction of sp³-hybridized carbons (Fsp3) is 0.400. The van der Waals surface area contributed by atoms with Gasteiger partial charge in [-0.2, -0.15) is 0 Å². The minimum Gasteiger partial charge on any atom is -0.384 e. The summed E-state index contributed by atoms with van der Waals surface area (Å²) in [7, 11) is -3.41. The predicted molar refractivity (Wildman–Crippen MR) is 64.5 cm³/mol. The zero-order valence-electron chi connectivity index (χ0n) is 8.66. The van der Waals surface area contributed by atoms with Crippen LogP contribution in [-0.4, -0.2) is 27.4 Å². The molecule has 1 aromatic carbocycles. The van der Waals surface area contributed by atoms with Gasteiger partial charge in [0.05, 0.1) is 4.90 Å². The number of nitrogens with one attached hydrogen (secondary N) is 2. The van der Waals surface area contributed by atoms with Crippen LogP contribution in [0.25, 0.3) is 0 Å². The van der Waals surface area contributed by atoms with Crippen LogP contribution in [0.2, 0.25) is 0 Å². The molecule has 0 saturated heterocycles. The smallest absolute Gasteiger partial charge is 0.240 e. The Bertz CT molecular complexity index is 488. The zero-order valence-corrected chi connectivity index (χ0v) is 10.2. The molecule has 0 aliphatic carbocycles. The summed E-state index contributed by atoms with van der Waals surface area (Å²) in [6.45, 7) is 1.12. The van der Waals surface area contributed by atoms with E-state index in [9.17, 15) is 8.42 Å². The predicted octanol–water partition coefficient (Wildman–Crippen LogP) is 1.17. The molecule has 0 bridgehead atoms. The number of sulfonamides is 1. The highest BCUT2D eigenvalue weighted by atomic mass is 35.5. The maximum atomic E-state index is 11.8. The van der Waals surface area contributed by atoms with Crippen molar-refractivity contribution in [2.75, 3.05) is 24.3 Å². The van der Waals surface area contributed by atoms with Gasteiger partial charge >= 0.3 is 0 Å². The maximum absolute atomic E-state index is 11.8. The van der Waals surface area contributed by atoms with E-state index in [4.69, 9.17) is 11.6 Å². The van der Waals surface area contributed by atoms with E-state index in [0.29, 0.717) is 4.90 Å². The molecule has 4 nitrogen and oxygen atoms in total. The van der Waals surface area contributed by atoms with Gasteiger partial charge in [-0.1, -0.05) is 0 Å². The second-order valence-corrected chi connectivity index (χ2v) is 5.73. The number of hydrogen-bond donors (Lipinski definition) is 2. The average Bonchev–Trinajstić information content (AvgIpc) is 2.73. The van der Waals surface area contributed by atoms with Crippen LogP contribution >= 0.6 is 11.6 Å². The van der Waals surface area contributed by atoms with Crippen molar-refractivity contribution in [2.45, 2.75) is 11.3 Å². The Morgan fingerprint density at radius 3 is 3.00 bits per heavy atom. The Balaban J connectivity index is 2.27. The van der Waals surface area contributed by atoms with Gasteiger partial charge in [0.2, 0.25) is 10.0 Å². The molecular formula is C10H13ClN2O2S. The van der Waals surface area contributed by atoms with Crippen molar-refractivity contribution in [1.82, 2.24) is 4.72 Å². The van der Waals surface area contributed by atoms with Crippen LogP contribution in [0, 0.1) is 0 Å². The minimum absolute atomic E-state index is 0.249. The molecule has 6 heteroatoms. The monoisotopic (exact) mass is 260 g/mol. The number of alkyl halides is 1. The van der Waals surface area contributed by atoms with E-state index in [1.165, 1.54) is 0 Å². The molecule has 16 heavy (non-hydrogen) atoms. The topological polar surface area (TPSA) is 58.2 Å². The van der Waals surface area contributed by atoms with Crippen molar-refractivity contribution in [3.8, 4) is 0 Å². The third-order valence-electron chi connectivity index (χ3n) is 2.48. The quantitative estimate of drug-likeness (QED) is 0.799. The molecule has 0 spiro atoms. The van der Waals surface area contributed by atoms with Gasteiger partial charge in [-0.3, -0.25) is 0 Å². The van der Waals surface area contributed by atoms with Crippen molar-refractivity contribution >= 4 is 27.3 Å². The van der Waals surface area contributed by atoms with Gasteiger partial charge in [-0.25, -0.2) is 13.1 Å². The molecule has 0 aromatic heterocycles. The largest absolute Gasteiger partial charge is 0.384 e. The third-order valence-corrected chi connectivity index (χ3v) is 4.13. The summed E-state index contributed by atoms with van der Waals surface area (Å²) < 4.78 is 26.0. The van der Waals surface area contributed by atoms with Gasteiger partial charge in [0, 0.05) is 24.7 Å². The van der Waals surface area contributed by atoms with Crippen molar-refractivity contribution in [1.29, 1.82) is 0 Å². The molecule has 0 unspecified atom stereocenters. The van der Waals surface area contributed by atoms with E-state index in [1.807, 2.05) is 0 Å². The van der Waals surface area contributed by atoms with Crippen LogP contribution in [0.3, 0.4) is 0 Å². The van der Waals surface area contributed by atoms with E-state index in [2.05, 4.69) is 10.0 Å². The van der Waals surface area contributed by atoms with Crippen LogP contribution < -0.4 is 10.0 Å². The minimum atomic E-state index is -3.41. The first kappa shape index (κ1) is 11.7. The number of halogens is 1. The Kier molecular flexibility index (Phi) is 3.37. The number of rotatable bonds is 4. The molecule has 0 atom stereocenters. The number of fused-ring (bicyclic) bond motifs is 1. The standard InChI is InChI=1S/C10H13ClN2O2S/c11-4-6-13-16(14,15)9-1-2-10-8(7-9)3-5-12-10/h1-2,7,12-13H,3-6H2. The molecule has 2 N–H and O–H groups in total. The number of anilines is 1. The van der Waals surface area contributed by atoms with Crippen LogP contribution in [0.1, 0.15) is 5.56 Å². The summed E-state index contributed by atoms with van der Waals surface area (Å²) in [6, 6.07) is 5.12. The van der Waals surface area contributed by atoms with Crippen molar-refractivity contribution in [3.63, 3.8) is 0 Å². The molecule has 88 valence electrons. The summed E-state index contributed by atoms with van der Waals surface area (Å²) in [5.74, 6) is 0.270. The zero-order chi connectivity index (χ0) is 11.6. The molecule has 1 aliphatic rings. The molecule has 0 radical (unpaired) electrons. The highest BCUT2D eigenvalue weighted by molar-refractivity contribution is 7.89. The fourth-order valence-electron chi connectivity index (χ4n) is 1.70. The highest BCUT2D eigenvalue weighted by Crippen LogP contribution is 2.24. The first-order valence-corrected chi connectivity index (χ1v) is 7.08. The van der Waals surface area contributed by atoms with Crippen LogP contribution in [0.4, 0.5) is 5.69 Å². The fourth-order valence-corrected chi connectivity index (χ4v) is 2.99. The van der Waals surface area contributed by atoms with Gasteiger partial charge in [-0.15, -0.1) is 11.6 Å². The molecule has 0 fully saturated rings. The van der Waals surface area contributed by atoms with Gasteiger partial charge in [0.15, 0.2) is 0 Å². The molecule has 0 saturated carbocycles. The van der Waals surface area contributed by atoms with Gasteiger partial charge in [0.1, 0.15) is 0 Å². The first-order valence-electron chi connectivity index (χ1n) is 5.06. The van der Waals surface area contributed by atoms with Crippen LogP contribution in [-0.2, 0) is 16.4 Å². The van der Waals surface area contributed by atoms with Gasteiger partial charge in [0.25, 0.3) is 0 Å². The van der Waals surface area contributed by atoms with Gasteiger partial charge < -0.3 is 5.32 Å². The molecule has 1 aromatic rings. The molecule has 1 heterocycles. The van der Waals surface area contributed by atoms with Crippen molar-refractivity contribution < 1.29 is 8.42 Å². The molecular weight excluding hydrogens is 248 g/mol. The normalized spacial score (nSPS) is 14.6. The Labute approximate surface area is 100 Å². The molecule has 0 amide bonds. The summed E-state index contributed by atoms with van der Waals surface area (Å²) in [5, 5.41) is 3.19. The SMILES string of the molecule is O=S(=O)(NCCCl)c1ccc2c(c1)CCN2. The van der Waals surface area contributed by atoms with Crippen molar-refractivity contribution in [2.24, 2.45) is 0 Å². The van der Waals surface area contributed by atoms with Crippen molar-refractivity contribution in [3.05, 3.63) is 23.8 Å². The lowest BCUT2D eigenvalue weighted by molar-refractivity contribution is 0.584. The second kappa shape index (κ2) is 4.61. The van der Waals surface area contributed by atoms with E-state index < -0.39 is 10.0 Å². The molecule has 1 aliphatic heterocycles. The molecule has 2 rings (SSSR count). The lowest BCUT2D eigenvalue weighted by atomic mass is 10.2. The summed E-state index contributed by atoms with van der Waals surface area (Å²) >= 11 is 5.45. The Morgan fingerprint density at radius 2 is 2.25 bits per heavy atom. The van der Waals surface area contributed by atoms with Crippen LogP contribution in [0.15, 0.2) is 23.1 Å². The second-order valence-electron chi connectivity index (χ2n) is 3.58. The third kappa shape index (κ3) is 2.31. The lowest BCUT2D eigenvalue weighted by Gasteiger charge is -2.07. The summed E-state index contributed by atoms with van der Waals surface area (Å²) in [4.78, 5) is 0.306. The number of benzene rings is 1. The van der Waals surface area contributed by atoms with E-state index in [0.717, 1.165) is 24.2 Å². The lowest BCUT2D eigenvalue weighted by Crippen LogP contribution is -2.25. The average molecular weight is 261 g/mol. The van der Waals surface area contributed by atoms with Gasteiger partial charge in [-0.05, 0) is 30.2 Å². The highest BCUT2D eigenvalue weighted by Gasteiger charge is 2.17. The van der Waals surface area contributed by atoms with Crippen LogP contribution in [0.5, 0.6) is 0 Å². The summed E-state index contributed by atoms with van der Waals surface area (Å²) in [5.41, 5.74) is 2.07. The number of hydrogen-bond acceptors (Lipinski definition) is 3. The van der Waals surface area contributed by atoms with E-state index >= 15 is 0 Å². The first-order chi connectivity index (χ1) is 7.63. The Hall–Kier alpha value is -0.780.